The molecule has 1 heterocycles. The highest BCUT2D eigenvalue weighted by Crippen LogP contribution is 2.21. The maximum Gasteiger partial charge on any atom is 0.193 e. The molecule has 0 amide bonds. The van der Waals surface area contributed by atoms with Gasteiger partial charge in [-0.05, 0) is 18.6 Å². The second-order valence-electron chi connectivity index (χ2n) is 3.76. The first-order valence-electron chi connectivity index (χ1n) is 5.47. The second kappa shape index (κ2) is 5.03. The third-order valence-corrected chi connectivity index (χ3v) is 2.65. The van der Waals surface area contributed by atoms with Crippen LogP contribution in [0.4, 0.5) is 8.78 Å². The molecule has 2 aromatic rings. The third kappa shape index (κ3) is 2.13. The standard InChI is InChI=1S/C12H11F2N3O/c1-2-10(17-7-15-6-16-17)12(18)11-8(13)4-3-5-9(11)14/h3-7,10H,2H2,1H3. The van der Waals surface area contributed by atoms with E-state index in [4.69, 9.17) is 0 Å². The fourth-order valence-electron chi connectivity index (χ4n) is 1.77. The van der Waals surface area contributed by atoms with Gasteiger partial charge in [0.05, 0.1) is 5.56 Å². The van der Waals surface area contributed by atoms with Gasteiger partial charge in [-0.25, -0.2) is 18.4 Å². The highest BCUT2D eigenvalue weighted by molar-refractivity contribution is 5.99. The van der Waals surface area contributed by atoms with Gasteiger partial charge in [-0.2, -0.15) is 5.10 Å². The number of hydrogen-bond donors (Lipinski definition) is 0. The van der Waals surface area contributed by atoms with Crippen molar-refractivity contribution in [3.8, 4) is 0 Å². The Bertz CT molecular complexity index is 534. The number of hydrogen-bond acceptors (Lipinski definition) is 3. The molecule has 0 N–H and O–H groups in total. The minimum Gasteiger partial charge on any atom is -0.292 e. The summed E-state index contributed by atoms with van der Waals surface area (Å²) < 4.78 is 28.4. The molecular formula is C12H11F2N3O. The number of carbonyl (C=O) groups is 1. The first-order chi connectivity index (χ1) is 8.65. The Kier molecular flexibility index (Phi) is 3.45. The molecule has 94 valence electrons. The first kappa shape index (κ1) is 12.3. The van der Waals surface area contributed by atoms with Crippen LogP contribution >= 0.6 is 0 Å². The molecule has 6 heteroatoms. The zero-order valence-electron chi connectivity index (χ0n) is 9.68. The van der Waals surface area contributed by atoms with Gasteiger partial charge in [0, 0.05) is 0 Å². The van der Waals surface area contributed by atoms with Crippen molar-refractivity contribution in [2.75, 3.05) is 0 Å². The quantitative estimate of drug-likeness (QED) is 0.784. The smallest absolute Gasteiger partial charge is 0.193 e. The van der Waals surface area contributed by atoms with E-state index in [0.717, 1.165) is 12.1 Å². The van der Waals surface area contributed by atoms with Crippen LogP contribution in [0.2, 0.25) is 0 Å². The Labute approximate surface area is 102 Å². The van der Waals surface area contributed by atoms with Gasteiger partial charge in [-0.3, -0.25) is 4.79 Å². The van der Waals surface area contributed by atoms with Crippen molar-refractivity contribution >= 4 is 5.78 Å². The van der Waals surface area contributed by atoms with Crippen LogP contribution in [0, 0.1) is 11.6 Å². The summed E-state index contributed by atoms with van der Waals surface area (Å²) >= 11 is 0. The normalized spacial score (nSPS) is 12.4. The molecule has 0 aliphatic rings. The molecule has 0 aliphatic carbocycles. The van der Waals surface area contributed by atoms with Crippen LogP contribution in [-0.2, 0) is 0 Å². The SMILES string of the molecule is CCC(C(=O)c1c(F)cccc1F)n1cncn1. The monoisotopic (exact) mass is 251 g/mol. The van der Waals surface area contributed by atoms with Crippen LogP contribution < -0.4 is 0 Å². The molecule has 0 radical (unpaired) electrons. The van der Waals surface area contributed by atoms with Crippen molar-refractivity contribution in [3.63, 3.8) is 0 Å². The van der Waals surface area contributed by atoms with E-state index in [1.807, 2.05) is 0 Å². The Morgan fingerprint density at radius 1 is 1.39 bits per heavy atom. The average molecular weight is 251 g/mol. The number of carbonyl (C=O) groups excluding carboxylic acids is 1. The fraction of sp³-hybridized carbons (Fsp3) is 0.250. The molecule has 0 fully saturated rings. The first-order valence-corrected chi connectivity index (χ1v) is 5.47. The molecule has 1 atom stereocenters. The molecule has 0 saturated heterocycles. The van der Waals surface area contributed by atoms with E-state index in [2.05, 4.69) is 10.1 Å². The van der Waals surface area contributed by atoms with Crippen molar-refractivity contribution < 1.29 is 13.6 Å². The molecule has 4 nitrogen and oxygen atoms in total. The topological polar surface area (TPSA) is 47.8 Å². The van der Waals surface area contributed by atoms with Gasteiger partial charge >= 0.3 is 0 Å². The molecule has 0 bridgehead atoms. The van der Waals surface area contributed by atoms with E-state index < -0.39 is 29.0 Å². The summed E-state index contributed by atoms with van der Waals surface area (Å²) in [5.41, 5.74) is -0.528. The summed E-state index contributed by atoms with van der Waals surface area (Å²) in [4.78, 5) is 15.9. The van der Waals surface area contributed by atoms with Gasteiger partial charge in [0.2, 0.25) is 0 Å². The van der Waals surface area contributed by atoms with Gasteiger partial charge in [0.1, 0.15) is 30.3 Å². The molecule has 1 aromatic carbocycles. The predicted octanol–water partition coefficient (Wildman–Crippen LogP) is 2.39. The van der Waals surface area contributed by atoms with Crippen molar-refractivity contribution in [3.05, 3.63) is 48.1 Å². The number of Topliss-reactive ketones (excluding diaryl/α,β-unsaturated/α-hetero) is 1. The van der Waals surface area contributed by atoms with Crippen molar-refractivity contribution in [1.82, 2.24) is 14.8 Å². The van der Waals surface area contributed by atoms with Gasteiger partial charge < -0.3 is 0 Å². The number of aromatic nitrogens is 3. The molecule has 0 aliphatic heterocycles. The summed E-state index contributed by atoms with van der Waals surface area (Å²) in [7, 11) is 0. The number of ketones is 1. The average Bonchev–Trinajstić information content (AvgIpc) is 2.83. The van der Waals surface area contributed by atoms with E-state index in [-0.39, 0.29) is 0 Å². The summed E-state index contributed by atoms with van der Waals surface area (Å²) in [6.07, 6.45) is 2.99. The fourth-order valence-corrected chi connectivity index (χ4v) is 1.77. The number of nitrogens with zero attached hydrogens (tertiary/aromatic N) is 3. The molecule has 1 aromatic heterocycles. The van der Waals surface area contributed by atoms with Crippen molar-refractivity contribution in [1.29, 1.82) is 0 Å². The summed E-state index contributed by atoms with van der Waals surface area (Å²) in [5.74, 6) is -2.37. The lowest BCUT2D eigenvalue weighted by molar-refractivity contribution is 0.0905. The minimum atomic E-state index is -0.862. The Balaban J connectivity index is 2.41. The maximum atomic E-state index is 13.5. The molecule has 0 spiro atoms. The van der Waals surface area contributed by atoms with Gasteiger partial charge in [-0.1, -0.05) is 13.0 Å². The van der Waals surface area contributed by atoms with Crippen molar-refractivity contribution in [2.24, 2.45) is 0 Å². The van der Waals surface area contributed by atoms with E-state index in [0.29, 0.717) is 6.42 Å². The van der Waals surface area contributed by atoms with E-state index in [9.17, 15) is 13.6 Å². The van der Waals surface area contributed by atoms with E-state index >= 15 is 0 Å². The van der Waals surface area contributed by atoms with E-state index in [1.54, 1.807) is 6.92 Å². The largest absolute Gasteiger partial charge is 0.292 e. The number of benzene rings is 1. The molecule has 1 unspecified atom stereocenters. The van der Waals surface area contributed by atoms with Gasteiger partial charge in [-0.15, -0.1) is 0 Å². The summed E-state index contributed by atoms with van der Waals surface area (Å²) in [6, 6.07) is 2.59. The molecule has 0 saturated carbocycles. The lowest BCUT2D eigenvalue weighted by Crippen LogP contribution is -2.21. The predicted molar refractivity (Wildman–Crippen MR) is 60.0 cm³/mol. The van der Waals surface area contributed by atoms with Gasteiger partial charge in [0.25, 0.3) is 0 Å². The lowest BCUT2D eigenvalue weighted by Gasteiger charge is -2.14. The Hall–Kier alpha value is -2.11. The zero-order chi connectivity index (χ0) is 13.1. The van der Waals surface area contributed by atoms with E-state index in [1.165, 1.54) is 23.4 Å². The lowest BCUT2D eigenvalue weighted by atomic mass is 10.0. The highest BCUT2D eigenvalue weighted by Gasteiger charge is 2.26. The summed E-state index contributed by atoms with van der Waals surface area (Å²) in [5, 5.41) is 3.83. The number of halogens is 2. The van der Waals surface area contributed by atoms with Crippen LogP contribution in [0.5, 0.6) is 0 Å². The van der Waals surface area contributed by atoms with Crippen LogP contribution in [0.3, 0.4) is 0 Å². The minimum absolute atomic E-state index is 0.371. The Morgan fingerprint density at radius 3 is 2.56 bits per heavy atom. The second-order valence-corrected chi connectivity index (χ2v) is 3.76. The molecule has 18 heavy (non-hydrogen) atoms. The molecular weight excluding hydrogens is 240 g/mol. The number of rotatable bonds is 4. The van der Waals surface area contributed by atoms with Crippen LogP contribution in [0.25, 0.3) is 0 Å². The van der Waals surface area contributed by atoms with Crippen molar-refractivity contribution in [2.45, 2.75) is 19.4 Å². The van der Waals surface area contributed by atoms with Crippen LogP contribution in [0.1, 0.15) is 29.7 Å². The summed E-state index contributed by atoms with van der Waals surface area (Å²) in [6.45, 7) is 1.74. The maximum absolute atomic E-state index is 13.5. The zero-order valence-corrected chi connectivity index (χ0v) is 9.68. The Morgan fingerprint density at radius 2 is 2.06 bits per heavy atom. The van der Waals surface area contributed by atoms with Gasteiger partial charge in [0.15, 0.2) is 5.78 Å². The molecule has 2 rings (SSSR count). The van der Waals surface area contributed by atoms with Crippen LogP contribution in [0.15, 0.2) is 30.9 Å². The highest BCUT2D eigenvalue weighted by atomic mass is 19.1. The third-order valence-electron chi connectivity index (χ3n) is 2.65. The van der Waals surface area contributed by atoms with Crippen LogP contribution in [-0.4, -0.2) is 20.5 Å².